The molecule has 22 heavy (non-hydrogen) atoms. The lowest BCUT2D eigenvalue weighted by Crippen LogP contribution is -2.00. The Labute approximate surface area is 127 Å². The summed E-state index contributed by atoms with van der Waals surface area (Å²) in [5.74, 6) is 1.05. The zero-order valence-electron chi connectivity index (χ0n) is 11.9. The van der Waals surface area contributed by atoms with Gasteiger partial charge in [-0.25, -0.2) is 4.39 Å². The SMILES string of the molecule is C=CCOc1ccc(CNc2noc3cc(F)ccc23)cc1. The number of nitrogens with one attached hydrogen (secondary N) is 1. The average molecular weight is 298 g/mol. The van der Waals surface area contributed by atoms with E-state index in [9.17, 15) is 4.39 Å². The molecule has 0 aliphatic heterocycles. The van der Waals surface area contributed by atoms with Crippen molar-refractivity contribution < 1.29 is 13.7 Å². The molecule has 4 nitrogen and oxygen atoms in total. The third-order valence-corrected chi connectivity index (χ3v) is 3.19. The molecule has 1 heterocycles. The van der Waals surface area contributed by atoms with Crippen LogP contribution in [0.3, 0.4) is 0 Å². The quantitative estimate of drug-likeness (QED) is 0.695. The third-order valence-electron chi connectivity index (χ3n) is 3.19. The van der Waals surface area contributed by atoms with Gasteiger partial charge in [-0.3, -0.25) is 0 Å². The number of fused-ring (bicyclic) bond motifs is 1. The van der Waals surface area contributed by atoms with Crippen LogP contribution in [0.1, 0.15) is 5.56 Å². The first-order valence-corrected chi connectivity index (χ1v) is 6.88. The lowest BCUT2D eigenvalue weighted by atomic mass is 10.2. The topological polar surface area (TPSA) is 47.3 Å². The maximum absolute atomic E-state index is 13.1. The van der Waals surface area contributed by atoms with E-state index in [1.807, 2.05) is 24.3 Å². The summed E-state index contributed by atoms with van der Waals surface area (Å²) in [4.78, 5) is 0. The Hall–Kier alpha value is -2.82. The van der Waals surface area contributed by atoms with Crippen molar-refractivity contribution in [2.75, 3.05) is 11.9 Å². The van der Waals surface area contributed by atoms with Crippen molar-refractivity contribution in [3.05, 3.63) is 66.5 Å². The van der Waals surface area contributed by atoms with Gasteiger partial charge in [0.25, 0.3) is 0 Å². The molecule has 1 N–H and O–H groups in total. The van der Waals surface area contributed by atoms with E-state index in [0.29, 0.717) is 24.6 Å². The molecule has 3 aromatic rings. The highest BCUT2D eigenvalue weighted by Crippen LogP contribution is 2.24. The summed E-state index contributed by atoms with van der Waals surface area (Å²) in [7, 11) is 0. The highest BCUT2D eigenvalue weighted by Gasteiger charge is 2.08. The van der Waals surface area contributed by atoms with Crippen molar-refractivity contribution in [2.24, 2.45) is 0 Å². The van der Waals surface area contributed by atoms with Crippen molar-refractivity contribution in [3.63, 3.8) is 0 Å². The van der Waals surface area contributed by atoms with Crippen molar-refractivity contribution in [3.8, 4) is 5.75 Å². The van der Waals surface area contributed by atoms with Gasteiger partial charge >= 0.3 is 0 Å². The van der Waals surface area contributed by atoms with Gasteiger partial charge in [0, 0.05) is 12.6 Å². The number of hydrogen-bond acceptors (Lipinski definition) is 4. The molecule has 0 fully saturated rings. The van der Waals surface area contributed by atoms with Crippen LogP contribution in [0.15, 0.2) is 59.6 Å². The lowest BCUT2D eigenvalue weighted by Gasteiger charge is -2.06. The molecule has 5 heteroatoms. The number of ether oxygens (including phenoxy) is 1. The largest absolute Gasteiger partial charge is 0.490 e. The Morgan fingerprint density at radius 2 is 2.05 bits per heavy atom. The Morgan fingerprint density at radius 1 is 1.23 bits per heavy atom. The minimum absolute atomic E-state index is 0.342. The fourth-order valence-electron chi connectivity index (χ4n) is 2.08. The minimum atomic E-state index is -0.342. The van der Waals surface area contributed by atoms with Gasteiger partial charge in [0.05, 0.1) is 5.39 Å². The van der Waals surface area contributed by atoms with Crippen LogP contribution in [0.4, 0.5) is 10.2 Å². The third kappa shape index (κ3) is 3.09. The van der Waals surface area contributed by atoms with Crippen LogP contribution in [-0.4, -0.2) is 11.8 Å². The molecule has 0 radical (unpaired) electrons. The zero-order chi connectivity index (χ0) is 15.4. The van der Waals surface area contributed by atoms with E-state index in [4.69, 9.17) is 9.26 Å². The highest BCUT2D eigenvalue weighted by atomic mass is 19.1. The Kier molecular flexibility index (Phi) is 4.05. The maximum atomic E-state index is 13.1. The smallest absolute Gasteiger partial charge is 0.177 e. The van der Waals surface area contributed by atoms with Crippen LogP contribution in [0.5, 0.6) is 5.75 Å². The molecule has 2 aromatic carbocycles. The molecule has 0 aliphatic carbocycles. The number of rotatable bonds is 6. The Bertz CT molecular complexity index is 781. The number of nitrogens with zero attached hydrogens (tertiary/aromatic N) is 1. The van der Waals surface area contributed by atoms with E-state index in [1.54, 1.807) is 12.1 Å². The number of benzene rings is 2. The monoisotopic (exact) mass is 298 g/mol. The lowest BCUT2D eigenvalue weighted by molar-refractivity contribution is 0.363. The highest BCUT2D eigenvalue weighted by molar-refractivity contribution is 5.87. The summed E-state index contributed by atoms with van der Waals surface area (Å²) >= 11 is 0. The number of anilines is 1. The van der Waals surface area contributed by atoms with Gasteiger partial charge in [0.1, 0.15) is 18.2 Å². The van der Waals surface area contributed by atoms with Crippen molar-refractivity contribution in [1.82, 2.24) is 5.16 Å². The Balaban J connectivity index is 1.67. The normalized spacial score (nSPS) is 10.6. The standard InChI is InChI=1S/C17H15FN2O2/c1-2-9-21-14-6-3-12(4-7-14)11-19-17-15-8-5-13(18)10-16(15)22-20-17/h2-8,10H,1,9,11H2,(H,19,20). The molecule has 0 amide bonds. The van der Waals surface area contributed by atoms with E-state index in [2.05, 4.69) is 17.1 Å². The molecule has 1 aromatic heterocycles. The molecule has 0 saturated carbocycles. The molecule has 112 valence electrons. The summed E-state index contributed by atoms with van der Waals surface area (Å²) in [6.07, 6.45) is 1.70. The first-order valence-electron chi connectivity index (χ1n) is 6.88. The van der Waals surface area contributed by atoms with E-state index in [0.717, 1.165) is 16.7 Å². The molecule has 0 aliphatic rings. The summed E-state index contributed by atoms with van der Waals surface area (Å²) in [5.41, 5.74) is 1.50. The van der Waals surface area contributed by atoms with Gasteiger partial charge in [0.2, 0.25) is 0 Å². The first-order chi connectivity index (χ1) is 10.8. The number of aromatic nitrogens is 1. The van der Waals surface area contributed by atoms with Gasteiger partial charge in [-0.2, -0.15) is 0 Å². The van der Waals surface area contributed by atoms with Crippen molar-refractivity contribution in [1.29, 1.82) is 0 Å². The molecule has 0 spiro atoms. The van der Waals surface area contributed by atoms with E-state index < -0.39 is 0 Å². The fourth-order valence-corrected chi connectivity index (χ4v) is 2.08. The maximum Gasteiger partial charge on any atom is 0.177 e. The summed E-state index contributed by atoms with van der Waals surface area (Å²) < 4.78 is 23.6. The van der Waals surface area contributed by atoms with Gasteiger partial charge in [-0.05, 0) is 29.8 Å². The molecule has 3 rings (SSSR count). The van der Waals surface area contributed by atoms with E-state index in [-0.39, 0.29) is 5.82 Å². The predicted octanol–water partition coefficient (Wildman–Crippen LogP) is 4.14. The van der Waals surface area contributed by atoms with Crippen molar-refractivity contribution >= 4 is 16.8 Å². The molecular weight excluding hydrogens is 283 g/mol. The fraction of sp³-hybridized carbons (Fsp3) is 0.118. The van der Waals surface area contributed by atoms with Crippen LogP contribution >= 0.6 is 0 Å². The summed E-state index contributed by atoms with van der Waals surface area (Å²) in [6, 6.07) is 12.1. The second-order valence-corrected chi connectivity index (χ2v) is 4.77. The van der Waals surface area contributed by atoms with Crippen molar-refractivity contribution in [2.45, 2.75) is 6.54 Å². The predicted molar refractivity (Wildman–Crippen MR) is 83.4 cm³/mol. The van der Waals surface area contributed by atoms with Gasteiger partial charge in [-0.1, -0.05) is 29.9 Å². The van der Waals surface area contributed by atoms with E-state index >= 15 is 0 Å². The molecule has 0 atom stereocenters. The molecule has 0 bridgehead atoms. The van der Waals surface area contributed by atoms with Gasteiger partial charge in [-0.15, -0.1) is 0 Å². The number of hydrogen-bond donors (Lipinski definition) is 1. The average Bonchev–Trinajstić information content (AvgIpc) is 2.94. The second kappa shape index (κ2) is 6.30. The zero-order valence-corrected chi connectivity index (χ0v) is 11.9. The Morgan fingerprint density at radius 3 is 2.82 bits per heavy atom. The second-order valence-electron chi connectivity index (χ2n) is 4.77. The van der Waals surface area contributed by atoms with Crippen LogP contribution < -0.4 is 10.1 Å². The van der Waals surface area contributed by atoms with E-state index in [1.165, 1.54) is 12.1 Å². The van der Waals surface area contributed by atoms with Crippen LogP contribution in [0.25, 0.3) is 11.0 Å². The molecule has 0 saturated heterocycles. The summed E-state index contributed by atoms with van der Waals surface area (Å²) in [6.45, 7) is 4.68. The van der Waals surface area contributed by atoms with Gasteiger partial charge < -0.3 is 14.6 Å². The van der Waals surface area contributed by atoms with Gasteiger partial charge in [0.15, 0.2) is 11.4 Å². The number of halogens is 1. The van der Waals surface area contributed by atoms with Crippen LogP contribution in [-0.2, 0) is 6.54 Å². The molecular formula is C17H15FN2O2. The molecule has 0 unspecified atom stereocenters. The van der Waals surface area contributed by atoms with Crippen LogP contribution in [0, 0.1) is 5.82 Å². The first kappa shape index (κ1) is 14.1. The minimum Gasteiger partial charge on any atom is -0.490 e. The summed E-state index contributed by atoms with van der Waals surface area (Å²) in [5, 5.41) is 7.86. The van der Waals surface area contributed by atoms with Crippen LogP contribution in [0.2, 0.25) is 0 Å².